The summed E-state index contributed by atoms with van der Waals surface area (Å²) in [4.78, 5) is 2.45. The van der Waals surface area contributed by atoms with Crippen LogP contribution in [0.2, 0.25) is 0 Å². The highest BCUT2D eigenvalue weighted by atomic mass is 32.1. The van der Waals surface area contributed by atoms with Crippen molar-refractivity contribution in [3.63, 3.8) is 0 Å². The van der Waals surface area contributed by atoms with Crippen molar-refractivity contribution in [3.05, 3.63) is 188 Å². The first-order valence-corrected chi connectivity index (χ1v) is 18.9. The molecule has 0 spiro atoms. The summed E-state index contributed by atoms with van der Waals surface area (Å²) in [5, 5.41) is 5.23. The van der Waals surface area contributed by atoms with Gasteiger partial charge in [-0.05, 0) is 94.0 Å². The Morgan fingerprint density at radius 2 is 0.784 bits per heavy atom. The first kappa shape index (κ1) is 29.9. The van der Waals surface area contributed by atoms with E-state index in [1.165, 1.54) is 79.4 Å². The van der Waals surface area contributed by atoms with Crippen molar-refractivity contribution < 1.29 is 0 Å². The van der Waals surface area contributed by atoms with E-state index in [2.05, 4.69) is 193 Å². The molecule has 0 aliphatic rings. The molecule has 10 rings (SSSR count). The molecule has 2 heterocycles. The van der Waals surface area contributed by atoms with E-state index in [0.29, 0.717) is 0 Å². The van der Waals surface area contributed by atoms with Gasteiger partial charge in [0.1, 0.15) is 0 Å². The van der Waals surface area contributed by atoms with Gasteiger partial charge in [-0.3, -0.25) is 0 Å². The van der Waals surface area contributed by atoms with Crippen LogP contribution in [0, 0.1) is 0 Å². The minimum absolute atomic E-state index is 1.13. The SMILES string of the molecule is c1ccc(-c2cc(-c3ccccc3)cc(-c3ccc(N(c4ccc5c(c4)sc4ccccc45)c4cccc5c4sc4ccccc45)cc3)c2)cc1. The topological polar surface area (TPSA) is 3.24 Å². The zero-order chi connectivity index (χ0) is 33.7. The van der Waals surface area contributed by atoms with Gasteiger partial charge in [-0.1, -0.05) is 127 Å². The third-order valence-electron chi connectivity index (χ3n) is 9.85. The van der Waals surface area contributed by atoms with Gasteiger partial charge in [-0.25, -0.2) is 0 Å². The second-order valence-electron chi connectivity index (χ2n) is 12.9. The molecule has 0 N–H and O–H groups in total. The first-order valence-electron chi connectivity index (χ1n) is 17.2. The molecule has 8 aromatic carbocycles. The maximum Gasteiger partial charge on any atom is 0.0640 e. The van der Waals surface area contributed by atoms with E-state index in [0.717, 1.165) is 11.4 Å². The quantitative estimate of drug-likeness (QED) is 0.168. The van der Waals surface area contributed by atoms with Crippen LogP contribution in [0.4, 0.5) is 17.1 Å². The molecule has 0 bridgehead atoms. The van der Waals surface area contributed by atoms with Gasteiger partial charge >= 0.3 is 0 Å². The molecule has 3 heteroatoms. The summed E-state index contributed by atoms with van der Waals surface area (Å²) >= 11 is 3.74. The molecule has 10 aromatic rings. The highest BCUT2D eigenvalue weighted by Gasteiger charge is 2.19. The maximum atomic E-state index is 2.45. The molecule has 0 aliphatic heterocycles. The van der Waals surface area contributed by atoms with Crippen LogP contribution in [0.5, 0.6) is 0 Å². The number of nitrogens with zero attached hydrogens (tertiary/aromatic N) is 1. The Labute approximate surface area is 304 Å². The fraction of sp³-hybridized carbons (Fsp3) is 0. The lowest BCUT2D eigenvalue weighted by Crippen LogP contribution is -2.10. The van der Waals surface area contributed by atoms with Crippen LogP contribution in [0.3, 0.4) is 0 Å². The van der Waals surface area contributed by atoms with Crippen LogP contribution in [-0.4, -0.2) is 0 Å². The Morgan fingerprint density at radius 3 is 1.43 bits per heavy atom. The van der Waals surface area contributed by atoms with E-state index >= 15 is 0 Å². The summed E-state index contributed by atoms with van der Waals surface area (Å²) in [5.41, 5.74) is 10.7. The van der Waals surface area contributed by atoms with E-state index < -0.39 is 0 Å². The van der Waals surface area contributed by atoms with E-state index in [-0.39, 0.29) is 0 Å². The van der Waals surface area contributed by atoms with Gasteiger partial charge in [0.15, 0.2) is 0 Å². The number of fused-ring (bicyclic) bond motifs is 6. The molecule has 0 radical (unpaired) electrons. The lowest BCUT2D eigenvalue weighted by atomic mass is 9.93. The van der Waals surface area contributed by atoms with Crippen LogP contribution in [0.25, 0.3) is 73.7 Å². The van der Waals surface area contributed by atoms with Crippen molar-refractivity contribution in [2.24, 2.45) is 0 Å². The van der Waals surface area contributed by atoms with E-state index in [1.54, 1.807) is 0 Å². The van der Waals surface area contributed by atoms with Gasteiger partial charge in [0.25, 0.3) is 0 Å². The summed E-state index contributed by atoms with van der Waals surface area (Å²) in [5.74, 6) is 0. The number of anilines is 3. The van der Waals surface area contributed by atoms with Crippen molar-refractivity contribution >= 4 is 80.1 Å². The Kier molecular flexibility index (Phi) is 7.26. The smallest absolute Gasteiger partial charge is 0.0640 e. The summed E-state index contributed by atoms with van der Waals surface area (Å²) in [6.45, 7) is 0. The molecular formula is C48H31NS2. The number of benzene rings is 8. The molecule has 0 saturated carbocycles. The summed E-state index contributed by atoms with van der Waals surface area (Å²) in [6, 6.07) is 68.6. The third-order valence-corrected chi connectivity index (χ3v) is 12.2. The third kappa shape index (κ3) is 5.30. The van der Waals surface area contributed by atoms with Crippen molar-refractivity contribution in [2.45, 2.75) is 0 Å². The molecule has 51 heavy (non-hydrogen) atoms. The van der Waals surface area contributed by atoms with Gasteiger partial charge in [0.05, 0.1) is 10.4 Å². The van der Waals surface area contributed by atoms with Gasteiger partial charge in [-0.2, -0.15) is 0 Å². The van der Waals surface area contributed by atoms with Gasteiger partial charge in [0.2, 0.25) is 0 Å². The Balaban J connectivity index is 1.14. The zero-order valence-corrected chi connectivity index (χ0v) is 29.3. The Morgan fingerprint density at radius 1 is 0.294 bits per heavy atom. The monoisotopic (exact) mass is 685 g/mol. The standard InChI is InChI=1S/C48H31NS2/c1-3-12-32(13-4-1)35-28-36(33-14-5-2-6-15-33)30-37(29-35)34-22-24-38(25-23-34)49(39-26-27-42-40-16-7-9-20-45(40)50-47(42)31-39)44-19-11-18-43-41-17-8-10-21-46(41)51-48(43)44/h1-31H. The second kappa shape index (κ2) is 12.4. The minimum atomic E-state index is 1.13. The molecule has 0 saturated heterocycles. The highest BCUT2D eigenvalue weighted by Crippen LogP contribution is 2.46. The van der Waals surface area contributed by atoms with Crippen molar-refractivity contribution in [1.29, 1.82) is 0 Å². The number of hydrogen-bond donors (Lipinski definition) is 0. The maximum absolute atomic E-state index is 2.45. The van der Waals surface area contributed by atoms with Gasteiger partial charge < -0.3 is 4.90 Å². The second-order valence-corrected chi connectivity index (χ2v) is 15.1. The van der Waals surface area contributed by atoms with Gasteiger partial charge in [-0.15, -0.1) is 22.7 Å². The fourth-order valence-corrected chi connectivity index (χ4v) is 9.73. The van der Waals surface area contributed by atoms with Crippen LogP contribution >= 0.6 is 22.7 Å². The number of rotatable bonds is 6. The molecule has 0 unspecified atom stereocenters. The lowest BCUT2D eigenvalue weighted by molar-refractivity contribution is 1.31. The normalized spacial score (nSPS) is 11.5. The lowest BCUT2D eigenvalue weighted by Gasteiger charge is -2.26. The predicted octanol–water partition coefficient (Wildman–Crippen LogP) is 14.9. The average Bonchev–Trinajstić information content (AvgIpc) is 3.77. The van der Waals surface area contributed by atoms with Crippen molar-refractivity contribution in [2.75, 3.05) is 4.90 Å². The molecule has 240 valence electrons. The number of hydrogen-bond acceptors (Lipinski definition) is 3. The molecular weight excluding hydrogens is 655 g/mol. The summed E-state index contributed by atoms with van der Waals surface area (Å²) in [6.07, 6.45) is 0. The largest absolute Gasteiger partial charge is 0.309 e. The van der Waals surface area contributed by atoms with Crippen LogP contribution in [0.1, 0.15) is 0 Å². The molecule has 0 fully saturated rings. The van der Waals surface area contributed by atoms with E-state index in [1.807, 2.05) is 22.7 Å². The highest BCUT2D eigenvalue weighted by molar-refractivity contribution is 7.26. The zero-order valence-electron chi connectivity index (χ0n) is 27.7. The van der Waals surface area contributed by atoms with Crippen LogP contribution < -0.4 is 4.90 Å². The minimum Gasteiger partial charge on any atom is -0.309 e. The van der Waals surface area contributed by atoms with E-state index in [4.69, 9.17) is 0 Å². The molecule has 0 amide bonds. The van der Waals surface area contributed by atoms with Crippen LogP contribution in [-0.2, 0) is 0 Å². The molecule has 2 aromatic heterocycles. The van der Waals surface area contributed by atoms with E-state index in [9.17, 15) is 0 Å². The van der Waals surface area contributed by atoms with Gasteiger partial charge in [0, 0.05) is 47.0 Å². The van der Waals surface area contributed by atoms with Crippen molar-refractivity contribution in [1.82, 2.24) is 0 Å². The summed E-state index contributed by atoms with van der Waals surface area (Å²) < 4.78 is 5.22. The fourth-order valence-electron chi connectivity index (χ4n) is 7.38. The average molecular weight is 686 g/mol. The predicted molar refractivity (Wildman–Crippen MR) is 223 cm³/mol. The molecule has 1 nitrogen and oxygen atoms in total. The van der Waals surface area contributed by atoms with Crippen molar-refractivity contribution in [3.8, 4) is 33.4 Å². The summed E-state index contributed by atoms with van der Waals surface area (Å²) in [7, 11) is 0. The molecule has 0 aliphatic carbocycles. The number of thiophene rings is 2. The first-order chi connectivity index (χ1) is 25.3. The Hall–Kier alpha value is -6.00. The Bertz CT molecular complexity index is 2790. The molecule has 0 atom stereocenters. The van der Waals surface area contributed by atoms with Crippen LogP contribution in [0.15, 0.2) is 188 Å².